The second-order valence-corrected chi connectivity index (χ2v) is 4.87. The molecule has 3 aromatic rings. The molecule has 3 N–H and O–H groups in total. The van der Waals surface area contributed by atoms with Crippen LogP contribution in [-0.2, 0) is 13.5 Å². The number of hydrogen-bond donors (Lipinski definition) is 2. The summed E-state index contributed by atoms with van der Waals surface area (Å²) < 4.78 is 7.23. The van der Waals surface area contributed by atoms with Crippen molar-refractivity contribution in [2.45, 2.75) is 13.3 Å². The molecule has 0 aliphatic heterocycles. The number of rotatable bonds is 3. The fraction of sp³-hybridized carbons (Fsp3) is 0.200. The molecular formula is C15H16N4O2. The molecule has 0 saturated carbocycles. The Labute approximate surface area is 121 Å². The molecule has 21 heavy (non-hydrogen) atoms. The Morgan fingerprint density at radius 1 is 1.43 bits per heavy atom. The molecule has 1 aromatic carbocycles. The minimum Gasteiger partial charge on any atom is -0.441 e. The predicted octanol–water partition coefficient (Wildman–Crippen LogP) is 2.56. The van der Waals surface area contributed by atoms with Crippen LogP contribution in [0.5, 0.6) is 0 Å². The summed E-state index contributed by atoms with van der Waals surface area (Å²) in [5, 5.41) is 2.83. The van der Waals surface area contributed by atoms with Crippen LogP contribution in [-0.4, -0.2) is 15.5 Å². The van der Waals surface area contributed by atoms with Crippen LogP contribution in [0, 0.1) is 0 Å². The Hall–Kier alpha value is -2.76. The van der Waals surface area contributed by atoms with Crippen LogP contribution in [0.15, 0.2) is 34.9 Å². The summed E-state index contributed by atoms with van der Waals surface area (Å²) >= 11 is 0. The Morgan fingerprint density at radius 3 is 2.90 bits per heavy atom. The highest BCUT2D eigenvalue weighted by Crippen LogP contribution is 2.21. The summed E-state index contributed by atoms with van der Waals surface area (Å²) in [4.78, 5) is 16.6. The molecule has 2 heterocycles. The third-order valence-electron chi connectivity index (χ3n) is 3.25. The number of nitrogens with two attached hydrogens (primary N) is 1. The number of nitrogens with zero attached hydrogens (tertiary/aromatic N) is 2. The molecule has 2 aromatic heterocycles. The Morgan fingerprint density at radius 2 is 2.24 bits per heavy atom. The third-order valence-corrected chi connectivity index (χ3v) is 3.25. The number of hydrogen-bond acceptors (Lipinski definition) is 4. The minimum absolute atomic E-state index is 0.215. The number of amides is 1. The van der Waals surface area contributed by atoms with E-state index in [1.807, 2.05) is 6.92 Å². The second kappa shape index (κ2) is 4.97. The summed E-state index contributed by atoms with van der Waals surface area (Å²) in [5.41, 5.74) is 8.86. The SMILES string of the molecule is CCc1nc2cc(NC(=O)c3cc(N)cn3C)ccc2o1. The second-order valence-electron chi connectivity index (χ2n) is 4.87. The van der Waals surface area contributed by atoms with E-state index in [2.05, 4.69) is 10.3 Å². The first-order chi connectivity index (χ1) is 10.1. The van der Waals surface area contributed by atoms with Gasteiger partial charge in [-0.25, -0.2) is 4.98 Å². The van der Waals surface area contributed by atoms with E-state index in [0.29, 0.717) is 28.5 Å². The van der Waals surface area contributed by atoms with E-state index in [4.69, 9.17) is 10.2 Å². The van der Waals surface area contributed by atoms with Gasteiger partial charge in [-0.1, -0.05) is 6.92 Å². The molecule has 0 spiro atoms. The van der Waals surface area contributed by atoms with Crippen LogP contribution < -0.4 is 11.1 Å². The van der Waals surface area contributed by atoms with Crippen LogP contribution in [0.3, 0.4) is 0 Å². The molecule has 1 amide bonds. The average Bonchev–Trinajstić information content (AvgIpc) is 3.00. The maximum atomic E-state index is 12.2. The number of aromatic nitrogens is 2. The molecule has 0 radical (unpaired) electrons. The van der Waals surface area contributed by atoms with E-state index in [9.17, 15) is 4.79 Å². The normalized spacial score (nSPS) is 11.0. The lowest BCUT2D eigenvalue weighted by Gasteiger charge is -2.05. The number of nitrogens with one attached hydrogen (secondary N) is 1. The van der Waals surface area contributed by atoms with Crippen molar-refractivity contribution in [1.29, 1.82) is 0 Å². The summed E-state index contributed by atoms with van der Waals surface area (Å²) in [6.45, 7) is 1.98. The molecule has 6 nitrogen and oxygen atoms in total. The number of carbonyl (C=O) groups excluding carboxylic acids is 1. The number of benzene rings is 1. The quantitative estimate of drug-likeness (QED) is 0.774. The number of aryl methyl sites for hydroxylation is 2. The van der Waals surface area contributed by atoms with Crippen molar-refractivity contribution in [1.82, 2.24) is 9.55 Å². The lowest BCUT2D eigenvalue weighted by molar-refractivity contribution is 0.101. The Bertz CT molecular complexity index is 816. The van der Waals surface area contributed by atoms with Gasteiger partial charge in [0.25, 0.3) is 5.91 Å². The van der Waals surface area contributed by atoms with E-state index in [1.165, 1.54) is 0 Å². The maximum Gasteiger partial charge on any atom is 0.272 e. The fourth-order valence-corrected chi connectivity index (χ4v) is 2.22. The number of carbonyl (C=O) groups is 1. The van der Waals surface area contributed by atoms with Crippen molar-refractivity contribution >= 4 is 28.4 Å². The van der Waals surface area contributed by atoms with Gasteiger partial charge in [0.2, 0.25) is 0 Å². The van der Waals surface area contributed by atoms with E-state index in [1.54, 1.807) is 42.1 Å². The molecular weight excluding hydrogens is 268 g/mol. The molecule has 6 heteroatoms. The van der Waals surface area contributed by atoms with Crippen LogP contribution in [0.1, 0.15) is 23.3 Å². The van der Waals surface area contributed by atoms with Gasteiger partial charge in [-0.15, -0.1) is 0 Å². The molecule has 0 atom stereocenters. The van der Waals surface area contributed by atoms with Gasteiger partial charge in [-0.2, -0.15) is 0 Å². The monoisotopic (exact) mass is 284 g/mol. The molecule has 0 unspecified atom stereocenters. The molecule has 0 aliphatic rings. The Kier molecular flexibility index (Phi) is 3.13. The fourth-order valence-electron chi connectivity index (χ4n) is 2.22. The smallest absolute Gasteiger partial charge is 0.272 e. The van der Waals surface area contributed by atoms with Gasteiger partial charge < -0.3 is 20.0 Å². The average molecular weight is 284 g/mol. The van der Waals surface area contributed by atoms with E-state index < -0.39 is 0 Å². The van der Waals surface area contributed by atoms with Crippen LogP contribution in [0.2, 0.25) is 0 Å². The summed E-state index contributed by atoms with van der Waals surface area (Å²) in [5.74, 6) is 0.469. The number of anilines is 2. The van der Waals surface area contributed by atoms with Gasteiger partial charge in [-0.05, 0) is 24.3 Å². The highest BCUT2D eigenvalue weighted by Gasteiger charge is 2.12. The van der Waals surface area contributed by atoms with Crippen molar-refractivity contribution in [2.75, 3.05) is 11.1 Å². The van der Waals surface area contributed by atoms with Crippen molar-refractivity contribution in [3.05, 3.63) is 42.0 Å². The topological polar surface area (TPSA) is 86.1 Å². The molecule has 108 valence electrons. The van der Waals surface area contributed by atoms with E-state index in [-0.39, 0.29) is 5.91 Å². The van der Waals surface area contributed by atoms with Gasteiger partial charge >= 0.3 is 0 Å². The molecule has 0 bridgehead atoms. The van der Waals surface area contributed by atoms with Crippen molar-refractivity contribution < 1.29 is 9.21 Å². The first-order valence-electron chi connectivity index (χ1n) is 6.69. The summed E-state index contributed by atoms with van der Waals surface area (Å²) in [6, 6.07) is 7.02. The first kappa shape index (κ1) is 13.2. The minimum atomic E-state index is -0.215. The van der Waals surface area contributed by atoms with Gasteiger partial charge in [-0.3, -0.25) is 4.79 Å². The van der Waals surface area contributed by atoms with Crippen molar-refractivity contribution in [3.63, 3.8) is 0 Å². The van der Waals surface area contributed by atoms with Gasteiger partial charge in [0.15, 0.2) is 11.5 Å². The van der Waals surface area contributed by atoms with Gasteiger partial charge in [0.1, 0.15) is 11.2 Å². The number of oxazole rings is 1. The third kappa shape index (κ3) is 2.47. The zero-order chi connectivity index (χ0) is 15.0. The first-order valence-corrected chi connectivity index (χ1v) is 6.69. The van der Waals surface area contributed by atoms with E-state index >= 15 is 0 Å². The zero-order valence-corrected chi connectivity index (χ0v) is 11.9. The molecule has 0 fully saturated rings. The van der Waals surface area contributed by atoms with E-state index in [0.717, 1.165) is 11.9 Å². The van der Waals surface area contributed by atoms with Crippen molar-refractivity contribution in [2.24, 2.45) is 7.05 Å². The molecule has 3 rings (SSSR count). The van der Waals surface area contributed by atoms with Crippen LogP contribution in [0.25, 0.3) is 11.1 Å². The highest BCUT2D eigenvalue weighted by atomic mass is 16.3. The highest BCUT2D eigenvalue weighted by molar-refractivity contribution is 6.04. The lowest BCUT2D eigenvalue weighted by atomic mass is 10.2. The molecule has 0 aliphatic carbocycles. The predicted molar refractivity (Wildman–Crippen MR) is 81.2 cm³/mol. The standard InChI is InChI=1S/C15H16N4O2/c1-3-14-18-11-7-10(4-5-13(11)21-14)17-15(20)12-6-9(16)8-19(12)2/h4-8H,3,16H2,1-2H3,(H,17,20). The summed E-state index contributed by atoms with van der Waals surface area (Å²) in [6.07, 6.45) is 2.43. The lowest BCUT2D eigenvalue weighted by Crippen LogP contribution is -2.15. The zero-order valence-electron chi connectivity index (χ0n) is 11.9. The van der Waals surface area contributed by atoms with Crippen molar-refractivity contribution in [3.8, 4) is 0 Å². The number of fused-ring (bicyclic) bond motifs is 1. The van der Waals surface area contributed by atoms with Gasteiger partial charge in [0.05, 0.1) is 5.69 Å². The Balaban J connectivity index is 1.87. The largest absolute Gasteiger partial charge is 0.441 e. The van der Waals surface area contributed by atoms with Crippen LogP contribution in [0.4, 0.5) is 11.4 Å². The number of nitrogen functional groups attached to an aromatic ring is 1. The molecule has 0 saturated heterocycles. The van der Waals surface area contributed by atoms with Gasteiger partial charge in [0, 0.05) is 25.4 Å². The summed E-state index contributed by atoms with van der Waals surface area (Å²) in [7, 11) is 1.78. The maximum absolute atomic E-state index is 12.2. The van der Waals surface area contributed by atoms with Crippen LogP contribution >= 0.6 is 0 Å².